The summed E-state index contributed by atoms with van der Waals surface area (Å²) in [6.45, 7) is 6.69. The third kappa shape index (κ3) is 3.11. The highest BCUT2D eigenvalue weighted by molar-refractivity contribution is 9.09. The third-order valence-corrected chi connectivity index (χ3v) is 4.46. The highest BCUT2D eigenvalue weighted by Gasteiger charge is 2.28. The van der Waals surface area contributed by atoms with Gasteiger partial charge >= 0.3 is 0 Å². The van der Waals surface area contributed by atoms with Crippen LogP contribution in [0.25, 0.3) is 5.57 Å². The Balaban J connectivity index is 2.51. The molecule has 1 unspecified atom stereocenters. The van der Waals surface area contributed by atoms with Gasteiger partial charge in [0.15, 0.2) is 0 Å². The Bertz CT molecular complexity index is 506. The molecule has 1 N–H and O–H groups in total. The predicted octanol–water partition coefficient (Wildman–Crippen LogP) is 5.34. The molecule has 0 aromatic heterocycles. The van der Waals surface area contributed by atoms with Gasteiger partial charge in [-0.3, -0.25) is 0 Å². The molecule has 0 fully saturated rings. The Labute approximate surface area is 124 Å². The number of alkyl halides is 1. The van der Waals surface area contributed by atoms with Crippen molar-refractivity contribution in [1.29, 1.82) is 0 Å². The normalized spacial score (nSPS) is 20.4. The number of hydrogen-bond donors (Lipinski definition) is 1. The molecule has 1 atom stereocenters. The number of rotatable bonds is 2. The zero-order chi connectivity index (χ0) is 14.0. The van der Waals surface area contributed by atoms with Crippen molar-refractivity contribution in [3.63, 3.8) is 0 Å². The van der Waals surface area contributed by atoms with E-state index in [2.05, 4.69) is 54.9 Å². The zero-order valence-electron chi connectivity index (χ0n) is 11.8. The minimum atomic E-state index is 0.140. The average molecular weight is 321 g/mol. The van der Waals surface area contributed by atoms with E-state index < -0.39 is 0 Å². The third-order valence-electron chi connectivity index (χ3n) is 3.68. The highest BCUT2D eigenvalue weighted by Crippen LogP contribution is 2.41. The summed E-state index contributed by atoms with van der Waals surface area (Å²) in [6, 6.07) is 10.1. The first-order valence-corrected chi connectivity index (χ1v) is 7.81. The van der Waals surface area contributed by atoms with E-state index >= 15 is 0 Å². The van der Waals surface area contributed by atoms with Gasteiger partial charge < -0.3 is 5.11 Å². The molecule has 2 heteroatoms. The molecule has 0 amide bonds. The van der Waals surface area contributed by atoms with Crippen molar-refractivity contribution in [2.45, 2.75) is 27.2 Å². The van der Waals surface area contributed by atoms with Crippen LogP contribution in [0, 0.1) is 11.3 Å². The fraction of sp³-hybridized carbons (Fsp3) is 0.412. The fourth-order valence-electron chi connectivity index (χ4n) is 2.39. The van der Waals surface area contributed by atoms with E-state index in [9.17, 15) is 5.11 Å². The van der Waals surface area contributed by atoms with Crippen LogP contribution in [-0.4, -0.2) is 10.4 Å². The van der Waals surface area contributed by atoms with Gasteiger partial charge in [-0.05, 0) is 17.4 Å². The second kappa shape index (κ2) is 5.54. The Morgan fingerprint density at radius 2 is 1.84 bits per heavy atom. The molecule has 2 rings (SSSR count). The van der Waals surface area contributed by atoms with Crippen LogP contribution in [0.15, 0.2) is 47.7 Å². The van der Waals surface area contributed by atoms with Crippen LogP contribution in [0.4, 0.5) is 0 Å². The van der Waals surface area contributed by atoms with E-state index in [1.807, 2.05) is 18.2 Å². The molecular formula is C17H21BrO. The van der Waals surface area contributed by atoms with E-state index in [0.29, 0.717) is 5.76 Å². The smallest absolute Gasteiger partial charge is 0.104 e. The molecule has 0 aliphatic heterocycles. The molecule has 102 valence electrons. The summed E-state index contributed by atoms with van der Waals surface area (Å²) >= 11 is 3.52. The predicted molar refractivity (Wildman–Crippen MR) is 85.4 cm³/mol. The van der Waals surface area contributed by atoms with Crippen LogP contribution in [-0.2, 0) is 0 Å². The zero-order valence-corrected chi connectivity index (χ0v) is 13.4. The Kier molecular flexibility index (Phi) is 4.19. The van der Waals surface area contributed by atoms with E-state index in [-0.39, 0.29) is 11.3 Å². The maximum Gasteiger partial charge on any atom is 0.104 e. The standard InChI is InChI=1S/C17H21BrO/c1-17(2,3)14-9-13(11-18)16(19)15(10-14)12-7-5-4-6-8-12/h4-8,10,13,19H,9,11H2,1-3H3. The van der Waals surface area contributed by atoms with Crippen LogP contribution in [0.1, 0.15) is 32.8 Å². The average Bonchev–Trinajstić information content (AvgIpc) is 2.38. The maximum atomic E-state index is 10.5. The minimum Gasteiger partial charge on any atom is -0.511 e. The maximum absolute atomic E-state index is 10.5. The van der Waals surface area contributed by atoms with Crippen molar-refractivity contribution in [3.05, 3.63) is 53.3 Å². The van der Waals surface area contributed by atoms with Crippen LogP contribution >= 0.6 is 15.9 Å². The summed E-state index contributed by atoms with van der Waals surface area (Å²) in [5.41, 5.74) is 3.60. The van der Waals surface area contributed by atoms with Crippen molar-refractivity contribution >= 4 is 21.5 Å². The van der Waals surface area contributed by atoms with Gasteiger partial charge in [-0.15, -0.1) is 0 Å². The lowest BCUT2D eigenvalue weighted by Crippen LogP contribution is -2.20. The summed E-state index contributed by atoms with van der Waals surface area (Å²) in [5.74, 6) is 0.686. The molecule has 0 heterocycles. The van der Waals surface area contributed by atoms with Gasteiger partial charge in [0.25, 0.3) is 0 Å². The number of aliphatic hydroxyl groups excluding tert-OH is 1. The summed E-state index contributed by atoms with van der Waals surface area (Å²) in [6.07, 6.45) is 3.10. The Morgan fingerprint density at radius 3 is 2.37 bits per heavy atom. The second-order valence-corrected chi connectivity index (χ2v) is 6.79. The first kappa shape index (κ1) is 14.4. The van der Waals surface area contributed by atoms with Crippen molar-refractivity contribution in [2.24, 2.45) is 11.3 Å². The summed E-state index contributed by atoms with van der Waals surface area (Å²) in [4.78, 5) is 0. The fourth-order valence-corrected chi connectivity index (χ4v) is 2.92. The lowest BCUT2D eigenvalue weighted by molar-refractivity contribution is 0.330. The van der Waals surface area contributed by atoms with Gasteiger partial charge in [0.2, 0.25) is 0 Å². The van der Waals surface area contributed by atoms with Crippen LogP contribution in [0.3, 0.4) is 0 Å². The number of benzene rings is 1. The summed E-state index contributed by atoms with van der Waals surface area (Å²) in [7, 11) is 0. The van der Waals surface area contributed by atoms with Gasteiger partial charge in [0, 0.05) is 16.8 Å². The number of halogens is 1. The van der Waals surface area contributed by atoms with Crippen molar-refractivity contribution in [3.8, 4) is 0 Å². The summed E-state index contributed by atoms with van der Waals surface area (Å²) < 4.78 is 0. The molecule has 0 saturated carbocycles. The van der Waals surface area contributed by atoms with Crippen molar-refractivity contribution < 1.29 is 5.11 Å². The van der Waals surface area contributed by atoms with Gasteiger partial charge in [-0.25, -0.2) is 0 Å². The molecule has 0 radical (unpaired) electrons. The second-order valence-electron chi connectivity index (χ2n) is 6.14. The largest absolute Gasteiger partial charge is 0.511 e. The Morgan fingerprint density at radius 1 is 1.21 bits per heavy atom. The quantitative estimate of drug-likeness (QED) is 0.729. The molecule has 1 aliphatic rings. The van der Waals surface area contributed by atoms with Crippen molar-refractivity contribution in [1.82, 2.24) is 0 Å². The van der Waals surface area contributed by atoms with E-state index in [1.165, 1.54) is 5.57 Å². The van der Waals surface area contributed by atoms with Crippen LogP contribution < -0.4 is 0 Å². The van der Waals surface area contributed by atoms with Gasteiger partial charge in [-0.2, -0.15) is 0 Å². The molecule has 0 bridgehead atoms. The van der Waals surface area contributed by atoms with Crippen molar-refractivity contribution in [2.75, 3.05) is 5.33 Å². The van der Waals surface area contributed by atoms with Gasteiger partial charge in [0.05, 0.1) is 0 Å². The topological polar surface area (TPSA) is 20.2 Å². The highest BCUT2D eigenvalue weighted by atomic mass is 79.9. The van der Waals surface area contributed by atoms with E-state index in [4.69, 9.17) is 0 Å². The molecule has 0 spiro atoms. The molecule has 0 saturated heterocycles. The lowest BCUT2D eigenvalue weighted by Gasteiger charge is -2.31. The first-order valence-electron chi connectivity index (χ1n) is 6.69. The molecule has 19 heavy (non-hydrogen) atoms. The first-order chi connectivity index (χ1) is 8.93. The monoisotopic (exact) mass is 320 g/mol. The van der Waals surface area contributed by atoms with Crippen LogP contribution in [0.5, 0.6) is 0 Å². The number of aliphatic hydroxyl groups is 1. The number of hydrogen-bond acceptors (Lipinski definition) is 1. The summed E-state index contributed by atoms with van der Waals surface area (Å²) in [5, 5.41) is 11.3. The molecule has 1 aromatic carbocycles. The molecule has 1 aromatic rings. The minimum absolute atomic E-state index is 0.140. The van der Waals surface area contributed by atoms with E-state index in [1.54, 1.807) is 0 Å². The SMILES string of the molecule is CC(C)(C)C1=CC(c2ccccc2)=C(O)C(CBr)C1. The number of allylic oxidation sites excluding steroid dienone is 4. The van der Waals surface area contributed by atoms with Gasteiger partial charge in [-0.1, -0.05) is 78.7 Å². The lowest BCUT2D eigenvalue weighted by atomic mass is 9.76. The van der Waals surface area contributed by atoms with E-state index in [0.717, 1.165) is 22.9 Å². The molecular weight excluding hydrogens is 300 g/mol. The molecule has 1 aliphatic carbocycles. The molecule has 1 nitrogen and oxygen atoms in total. The van der Waals surface area contributed by atoms with Gasteiger partial charge in [0.1, 0.15) is 5.76 Å². The Hall–Kier alpha value is -1.02. The van der Waals surface area contributed by atoms with Crippen LogP contribution in [0.2, 0.25) is 0 Å².